The Bertz CT molecular complexity index is 667. The number of ether oxygens (including phenoxy) is 2. The van der Waals surface area contributed by atoms with E-state index in [0.717, 1.165) is 19.3 Å². The Kier molecular flexibility index (Phi) is 6.80. The van der Waals surface area contributed by atoms with Crippen LogP contribution in [0, 0.1) is 0 Å². The van der Waals surface area contributed by atoms with Crippen molar-refractivity contribution in [1.82, 2.24) is 4.72 Å². The number of amides is 1. The van der Waals surface area contributed by atoms with Gasteiger partial charge in [-0.25, -0.2) is 8.42 Å². The van der Waals surface area contributed by atoms with Crippen molar-refractivity contribution in [3.05, 3.63) is 24.3 Å². The fourth-order valence-electron chi connectivity index (χ4n) is 2.95. The second-order valence-corrected chi connectivity index (χ2v) is 7.81. The predicted molar refractivity (Wildman–Crippen MR) is 93.8 cm³/mol. The SMILES string of the molecule is CCOCCOc1ccc(S(=O)(=O)NC2(C(N)=O)CCCCC2)cc1. The van der Waals surface area contributed by atoms with Gasteiger partial charge >= 0.3 is 0 Å². The molecule has 0 unspecified atom stereocenters. The normalized spacial score (nSPS) is 17.2. The van der Waals surface area contributed by atoms with Crippen LogP contribution in [0.5, 0.6) is 5.75 Å². The number of hydrogen-bond donors (Lipinski definition) is 2. The highest BCUT2D eigenvalue weighted by Crippen LogP contribution is 2.30. The molecule has 1 saturated carbocycles. The molecule has 140 valence electrons. The molecule has 1 amide bonds. The molecule has 0 saturated heterocycles. The molecule has 1 aromatic carbocycles. The zero-order valence-corrected chi connectivity index (χ0v) is 15.3. The van der Waals surface area contributed by atoms with Gasteiger partial charge in [-0.3, -0.25) is 4.79 Å². The summed E-state index contributed by atoms with van der Waals surface area (Å²) in [4.78, 5) is 12.0. The molecular formula is C17H26N2O5S. The number of nitrogens with two attached hydrogens (primary N) is 1. The minimum atomic E-state index is -3.84. The van der Waals surface area contributed by atoms with E-state index in [-0.39, 0.29) is 4.90 Å². The van der Waals surface area contributed by atoms with Crippen molar-refractivity contribution in [1.29, 1.82) is 0 Å². The van der Waals surface area contributed by atoms with Crippen molar-refractivity contribution >= 4 is 15.9 Å². The summed E-state index contributed by atoms with van der Waals surface area (Å²) in [5.74, 6) is -0.0624. The minimum Gasteiger partial charge on any atom is -0.491 e. The van der Waals surface area contributed by atoms with Crippen molar-refractivity contribution in [2.45, 2.75) is 49.5 Å². The van der Waals surface area contributed by atoms with Gasteiger partial charge < -0.3 is 15.2 Å². The van der Waals surface area contributed by atoms with Crippen LogP contribution >= 0.6 is 0 Å². The fraction of sp³-hybridized carbons (Fsp3) is 0.588. The second-order valence-electron chi connectivity index (χ2n) is 6.13. The number of benzene rings is 1. The molecule has 1 aliphatic rings. The van der Waals surface area contributed by atoms with Crippen molar-refractivity contribution < 1.29 is 22.7 Å². The summed E-state index contributed by atoms with van der Waals surface area (Å²) < 4.78 is 38.5. The molecule has 0 atom stereocenters. The third-order valence-corrected chi connectivity index (χ3v) is 5.90. The van der Waals surface area contributed by atoms with Crippen molar-refractivity contribution in [3.63, 3.8) is 0 Å². The Balaban J connectivity index is 2.07. The van der Waals surface area contributed by atoms with Gasteiger partial charge in [-0.2, -0.15) is 4.72 Å². The fourth-order valence-corrected chi connectivity index (χ4v) is 4.38. The maximum absolute atomic E-state index is 12.6. The van der Waals surface area contributed by atoms with Gasteiger partial charge in [0.2, 0.25) is 15.9 Å². The molecule has 0 radical (unpaired) electrons. The summed E-state index contributed by atoms with van der Waals surface area (Å²) in [6, 6.07) is 6.07. The highest BCUT2D eigenvalue weighted by Gasteiger charge is 2.41. The van der Waals surface area contributed by atoms with E-state index in [1.54, 1.807) is 12.1 Å². The van der Waals surface area contributed by atoms with Crippen LogP contribution < -0.4 is 15.2 Å². The van der Waals surface area contributed by atoms with Crippen LogP contribution in [-0.4, -0.2) is 39.7 Å². The molecule has 0 bridgehead atoms. The Morgan fingerprint density at radius 3 is 2.36 bits per heavy atom. The molecule has 0 aliphatic heterocycles. The number of carbonyl (C=O) groups is 1. The summed E-state index contributed by atoms with van der Waals surface area (Å²) in [5, 5.41) is 0. The molecule has 1 aliphatic carbocycles. The third-order valence-electron chi connectivity index (χ3n) is 4.34. The topological polar surface area (TPSA) is 108 Å². The summed E-state index contributed by atoms with van der Waals surface area (Å²) in [5.41, 5.74) is 4.30. The monoisotopic (exact) mass is 370 g/mol. The Hall–Kier alpha value is -1.64. The van der Waals surface area contributed by atoms with E-state index in [2.05, 4.69) is 4.72 Å². The lowest BCUT2D eigenvalue weighted by Crippen LogP contribution is -2.58. The van der Waals surface area contributed by atoms with Crippen LogP contribution in [-0.2, 0) is 19.6 Å². The van der Waals surface area contributed by atoms with Gasteiger partial charge in [-0.15, -0.1) is 0 Å². The van der Waals surface area contributed by atoms with Crippen molar-refractivity contribution in [2.75, 3.05) is 19.8 Å². The lowest BCUT2D eigenvalue weighted by molar-refractivity contribution is -0.124. The first kappa shape index (κ1) is 19.7. The van der Waals surface area contributed by atoms with Gasteiger partial charge in [-0.05, 0) is 44.0 Å². The first-order valence-electron chi connectivity index (χ1n) is 8.54. The first-order valence-corrected chi connectivity index (χ1v) is 10.0. The molecule has 0 heterocycles. The highest BCUT2D eigenvalue weighted by atomic mass is 32.2. The van der Waals surface area contributed by atoms with Crippen molar-refractivity contribution in [3.8, 4) is 5.75 Å². The zero-order valence-electron chi connectivity index (χ0n) is 14.5. The van der Waals surface area contributed by atoms with Gasteiger partial charge in [0.1, 0.15) is 17.9 Å². The first-order chi connectivity index (χ1) is 11.9. The van der Waals surface area contributed by atoms with E-state index >= 15 is 0 Å². The van der Waals surface area contributed by atoms with Crippen LogP contribution in [0.1, 0.15) is 39.0 Å². The van der Waals surface area contributed by atoms with E-state index in [1.807, 2.05) is 6.92 Å². The summed E-state index contributed by atoms with van der Waals surface area (Å²) in [6.45, 7) is 3.38. The molecular weight excluding hydrogens is 344 g/mol. The smallest absolute Gasteiger partial charge is 0.241 e. The maximum atomic E-state index is 12.6. The number of sulfonamides is 1. The number of primary amides is 1. The quantitative estimate of drug-likeness (QED) is 0.642. The highest BCUT2D eigenvalue weighted by molar-refractivity contribution is 7.89. The van der Waals surface area contributed by atoms with Gasteiger partial charge in [0, 0.05) is 6.61 Å². The summed E-state index contributed by atoms with van der Waals surface area (Å²) in [7, 11) is -3.84. The average molecular weight is 370 g/mol. The van der Waals surface area contributed by atoms with E-state index in [1.165, 1.54) is 12.1 Å². The minimum absolute atomic E-state index is 0.0795. The molecule has 1 aromatic rings. The van der Waals surface area contributed by atoms with Crippen LogP contribution in [0.4, 0.5) is 0 Å². The lowest BCUT2D eigenvalue weighted by atomic mass is 9.82. The molecule has 3 N–H and O–H groups in total. The second kappa shape index (κ2) is 8.64. The number of nitrogens with one attached hydrogen (secondary N) is 1. The third kappa shape index (κ3) is 5.17. The van der Waals surface area contributed by atoms with Gasteiger partial charge in [0.15, 0.2) is 0 Å². The van der Waals surface area contributed by atoms with E-state index < -0.39 is 21.5 Å². The maximum Gasteiger partial charge on any atom is 0.241 e. The van der Waals surface area contributed by atoms with Crippen LogP contribution in [0.3, 0.4) is 0 Å². The molecule has 25 heavy (non-hydrogen) atoms. The number of carbonyl (C=O) groups excluding carboxylic acids is 1. The van der Waals surface area contributed by atoms with Crippen molar-refractivity contribution in [2.24, 2.45) is 5.73 Å². The molecule has 0 aromatic heterocycles. The van der Waals surface area contributed by atoms with Crippen LogP contribution in [0.25, 0.3) is 0 Å². The largest absolute Gasteiger partial charge is 0.491 e. The average Bonchev–Trinajstić information content (AvgIpc) is 2.59. The Morgan fingerprint density at radius 2 is 1.80 bits per heavy atom. The van der Waals surface area contributed by atoms with Gasteiger partial charge in [-0.1, -0.05) is 19.3 Å². The lowest BCUT2D eigenvalue weighted by Gasteiger charge is -2.34. The van der Waals surface area contributed by atoms with Gasteiger partial charge in [0.25, 0.3) is 0 Å². The standard InChI is InChI=1S/C17H26N2O5S/c1-2-23-12-13-24-14-6-8-15(9-7-14)25(21,22)19-17(16(18)20)10-4-3-5-11-17/h6-9,19H,2-5,10-13H2,1H3,(H2,18,20). The number of hydrogen-bond acceptors (Lipinski definition) is 5. The Morgan fingerprint density at radius 1 is 1.16 bits per heavy atom. The van der Waals surface area contributed by atoms with E-state index in [9.17, 15) is 13.2 Å². The van der Waals surface area contributed by atoms with Crippen LogP contribution in [0.15, 0.2) is 29.2 Å². The summed E-state index contributed by atoms with van der Waals surface area (Å²) in [6.07, 6.45) is 3.39. The molecule has 2 rings (SSSR count). The summed E-state index contributed by atoms with van der Waals surface area (Å²) >= 11 is 0. The van der Waals surface area contributed by atoms with E-state index in [0.29, 0.717) is 38.4 Å². The molecule has 1 fully saturated rings. The molecule has 0 spiro atoms. The predicted octanol–water partition coefficient (Wildman–Crippen LogP) is 1.57. The van der Waals surface area contributed by atoms with Gasteiger partial charge in [0.05, 0.1) is 11.5 Å². The zero-order chi connectivity index (χ0) is 18.3. The Labute approximate surface area is 148 Å². The molecule has 7 nitrogen and oxygen atoms in total. The van der Waals surface area contributed by atoms with E-state index in [4.69, 9.17) is 15.2 Å². The number of rotatable bonds is 9. The molecule has 8 heteroatoms. The van der Waals surface area contributed by atoms with Crippen LogP contribution in [0.2, 0.25) is 0 Å².